The van der Waals surface area contributed by atoms with E-state index >= 15 is 0 Å². The average Bonchev–Trinajstić information content (AvgIpc) is 3.43. The van der Waals surface area contributed by atoms with E-state index < -0.39 is 0 Å². The van der Waals surface area contributed by atoms with Crippen molar-refractivity contribution in [3.63, 3.8) is 0 Å². The Balaban J connectivity index is 1.34. The van der Waals surface area contributed by atoms with Crippen molar-refractivity contribution in [3.05, 3.63) is 84.1 Å². The molecule has 0 atom stereocenters. The number of hydrogen-bond donors (Lipinski definition) is 0. The molecule has 172 valence electrons. The van der Waals surface area contributed by atoms with E-state index in [1.165, 1.54) is 18.5 Å². The van der Waals surface area contributed by atoms with Crippen molar-refractivity contribution in [2.24, 2.45) is 0 Å². The van der Waals surface area contributed by atoms with Gasteiger partial charge in [0.25, 0.3) is 0 Å². The molecule has 3 aromatic carbocycles. The number of anilines is 1. The predicted octanol–water partition coefficient (Wildman–Crippen LogP) is 5.88. The Hall–Kier alpha value is -4.06. The molecule has 0 unspecified atom stereocenters. The summed E-state index contributed by atoms with van der Waals surface area (Å²) in [7, 11) is 3.19. The summed E-state index contributed by atoms with van der Waals surface area (Å²) in [6.07, 6.45) is 4.14. The maximum atomic E-state index is 13.0. The first-order valence-electron chi connectivity index (χ1n) is 11.3. The van der Waals surface area contributed by atoms with Crippen LogP contribution in [0.2, 0.25) is 0 Å². The van der Waals surface area contributed by atoms with Crippen molar-refractivity contribution >= 4 is 22.4 Å². The number of ketones is 1. The van der Waals surface area contributed by atoms with Gasteiger partial charge in [-0.3, -0.25) is 9.78 Å². The largest absolute Gasteiger partial charge is 0.493 e. The predicted molar refractivity (Wildman–Crippen MR) is 133 cm³/mol. The summed E-state index contributed by atoms with van der Waals surface area (Å²) >= 11 is 0. The molecule has 5 rings (SSSR count). The Kier molecular flexibility index (Phi) is 6.04. The Morgan fingerprint density at radius 1 is 0.794 bits per heavy atom. The normalized spacial score (nSPS) is 13.2. The highest BCUT2D eigenvalue weighted by atomic mass is 16.5. The van der Waals surface area contributed by atoms with Gasteiger partial charge in [-0.1, -0.05) is 0 Å². The second-order valence-electron chi connectivity index (χ2n) is 8.23. The second kappa shape index (κ2) is 9.43. The molecular formula is C28H26N2O4. The summed E-state index contributed by atoms with van der Waals surface area (Å²) in [6.45, 7) is 2.17. The summed E-state index contributed by atoms with van der Waals surface area (Å²) in [5.74, 6) is 2.47. The van der Waals surface area contributed by atoms with Crippen molar-refractivity contribution in [3.8, 4) is 23.0 Å². The number of methoxy groups -OCH3 is 2. The number of nitrogens with zero attached hydrogens (tertiary/aromatic N) is 2. The number of aromatic nitrogens is 1. The maximum Gasteiger partial charge on any atom is 0.193 e. The monoisotopic (exact) mass is 454 g/mol. The van der Waals surface area contributed by atoms with Crippen LogP contribution in [0.5, 0.6) is 23.0 Å². The van der Waals surface area contributed by atoms with Crippen LogP contribution in [-0.2, 0) is 0 Å². The number of fused-ring (bicyclic) bond motifs is 1. The molecule has 6 heteroatoms. The Labute approximate surface area is 198 Å². The van der Waals surface area contributed by atoms with Crippen LogP contribution in [0.3, 0.4) is 0 Å². The van der Waals surface area contributed by atoms with Crippen LogP contribution in [0.4, 0.5) is 5.69 Å². The molecular weight excluding hydrogens is 428 g/mol. The van der Waals surface area contributed by atoms with Crippen LogP contribution in [0.15, 0.2) is 72.9 Å². The minimum Gasteiger partial charge on any atom is -0.493 e. The number of benzene rings is 3. The van der Waals surface area contributed by atoms with Crippen LogP contribution in [0.1, 0.15) is 28.8 Å². The maximum absolute atomic E-state index is 13.0. The third-order valence-electron chi connectivity index (χ3n) is 6.15. The second-order valence-corrected chi connectivity index (χ2v) is 8.23. The van der Waals surface area contributed by atoms with Crippen molar-refractivity contribution in [2.75, 3.05) is 32.2 Å². The molecule has 0 bridgehead atoms. The van der Waals surface area contributed by atoms with E-state index in [2.05, 4.69) is 9.88 Å². The van der Waals surface area contributed by atoms with Crippen molar-refractivity contribution in [2.45, 2.75) is 12.8 Å². The molecule has 0 saturated carbocycles. The van der Waals surface area contributed by atoms with E-state index in [1.54, 1.807) is 50.7 Å². The zero-order valence-electron chi connectivity index (χ0n) is 19.3. The van der Waals surface area contributed by atoms with Gasteiger partial charge in [0, 0.05) is 47.6 Å². The van der Waals surface area contributed by atoms with Gasteiger partial charge in [0.15, 0.2) is 17.3 Å². The van der Waals surface area contributed by atoms with Gasteiger partial charge in [-0.2, -0.15) is 0 Å². The van der Waals surface area contributed by atoms with Crippen molar-refractivity contribution in [1.29, 1.82) is 0 Å². The fourth-order valence-electron chi connectivity index (χ4n) is 4.30. The lowest BCUT2D eigenvalue weighted by atomic mass is 10.0. The molecule has 6 nitrogen and oxygen atoms in total. The van der Waals surface area contributed by atoms with Gasteiger partial charge in [0.05, 0.1) is 19.7 Å². The number of carbonyl (C=O) groups is 1. The number of ether oxygens (including phenoxy) is 3. The summed E-state index contributed by atoms with van der Waals surface area (Å²) in [6, 6.07) is 20.5. The van der Waals surface area contributed by atoms with Gasteiger partial charge in [-0.15, -0.1) is 0 Å². The van der Waals surface area contributed by atoms with E-state index in [-0.39, 0.29) is 5.78 Å². The molecule has 34 heavy (non-hydrogen) atoms. The molecule has 1 saturated heterocycles. The van der Waals surface area contributed by atoms with Crippen LogP contribution in [0, 0.1) is 0 Å². The first-order valence-corrected chi connectivity index (χ1v) is 11.3. The van der Waals surface area contributed by atoms with Crippen LogP contribution in [0.25, 0.3) is 10.9 Å². The number of rotatable bonds is 7. The molecule has 0 amide bonds. The molecule has 1 fully saturated rings. The Bertz CT molecular complexity index is 1310. The molecule has 0 N–H and O–H groups in total. The fraction of sp³-hybridized carbons (Fsp3) is 0.214. The molecule has 0 radical (unpaired) electrons. The zero-order chi connectivity index (χ0) is 23.5. The lowest BCUT2D eigenvalue weighted by Gasteiger charge is -2.17. The minimum atomic E-state index is -0.00860. The fourth-order valence-corrected chi connectivity index (χ4v) is 4.30. The van der Waals surface area contributed by atoms with E-state index in [4.69, 9.17) is 14.2 Å². The van der Waals surface area contributed by atoms with E-state index in [0.29, 0.717) is 34.1 Å². The highest BCUT2D eigenvalue weighted by Gasteiger charge is 2.15. The highest BCUT2D eigenvalue weighted by molar-refractivity contribution is 6.09. The standard InChI is InChI=1S/C28H26N2O4/c1-32-26-17-23-24(18-27(26)33-2)29-14-13-25(23)34-22-11-7-20(8-12-22)28(31)19-5-9-21(10-6-19)30-15-3-4-16-30/h5-14,17-18H,3-4,15-16H2,1-2H3. The molecule has 1 aliphatic rings. The zero-order valence-corrected chi connectivity index (χ0v) is 19.3. The van der Waals surface area contributed by atoms with Crippen LogP contribution in [-0.4, -0.2) is 38.1 Å². The first-order chi connectivity index (χ1) is 16.7. The molecule has 0 spiro atoms. The topological polar surface area (TPSA) is 60.9 Å². The quantitative estimate of drug-likeness (QED) is 0.325. The van der Waals surface area contributed by atoms with E-state index in [9.17, 15) is 4.79 Å². The van der Waals surface area contributed by atoms with Gasteiger partial charge >= 0.3 is 0 Å². The lowest BCUT2D eigenvalue weighted by Crippen LogP contribution is -2.17. The average molecular weight is 455 g/mol. The molecule has 1 aromatic heterocycles. The smallest absolute Gasteiger partial charge is 0.193 e. The van der Waals surface area contributed by atoms with E-state index in [1.807, 2.05) is 36.4 Å². The van der Waals surface area contributed by atoms with Crippen molar-refractivity contribution < 1.29 is 19.0 Å². The van der Waals surface area contributed by atoms with Crippen LogP contribution < -0.4 is 19.1 Å². The van der Waals surface area contributed by atoms with Crippen LogP contribution >= 0.6 is 0 Å². The van der Waals surface area contributed by atoms with Crippen molar-refractivity contribution in [1.82, 2.24) is 4.98 Å². The third-order valence-corrected chi connectivity index (χ3v) is 6.15. The molecule has 2 heterocycles. The summed E-state index contributed by atoms with van der Waals surface area (Å²) in [4.78, 5) is 19.7. The number of carbonyl (C=O) groups excluding carboxylic acids is 1. The molecule has 1 aliphatic heterocycles. The first kappa shape index (κ1) is 21.8. The number of pyridine rings is 1. The lowest BCUT2D eigenvalue weighted by molar-refractivity contribution is 0.103. The minimum absolute atomic E-state index is 0.00860. The van der Waals surface area contributed by atoms with Gasteiger partial charge in [0.1, 0.15) is 11.5 Å². The van der Waals surface area contributed by atoms with Gasteiger partial charge in [0.2, 0.25) is 0 Å². The summed E-state index contributed by atoms with van der Waals surface area (Å²) in [5.41, 5.74) is 3.21. The van der Waals surface area contributed by atoms with Gasteiger partial charge in [-0.25, -0.2) is 0 Å². The molecule has 0 aliphatic carbocycles. The van der Waals surface area contributed by atoms with Gasteiger partial charge in [-0.05, 0) is 73.5 Å². The summed E-state index contributed by atoms with van der Waals surface area (Å²) < 4.78 is 16.9. The Morgan fingerprint density at radius 2 is 1.41 bits per heavy atom. The Morgan fingerprint density at radius 3 is 2.06 bits per heavy atom. The van der Waals surface area contributed by atoms with Gasteiger partial charge < -0.3 is 19.1 Å². The summed E-state index contributed by atoms with van der Waals surface area (Å²) in [5, 5.41) is 0.804. The highest BCUT2D eigenvalue weighted by Crippen LogP contribution is 2.37. The third kappa shape index (κ3) is 4.27. The SMILES string of the molecule is COc1cc2nccc(Oc3ccc(C(=O)c4ccc(N5CCCC5)cc4)cc3)c2cc1OC. The number of hydrogen-bond acceptors (Lipinski definition) is 6. The molecule has 4 aromatic rings. The van der Waals surface area contributed by atoms with E-state index in [0.717, 1.165) is 24.0 Å².